The summed E-state index contributed by atoms with van der Waals surface area (Å²) in [6.07, 6.45) is 0. The van der Waals surface area contributed by atoms with E-state index < -0.39 is 0 Å². The zero-order chi connectivity index (χ0) is 32.5. The van der Waals surface area contributed by atoms with Gasteiger partial charge in [-0.1, -0.05) is 0 Å². The molecule has 0 heterocycles. The molecule has 0 aromatic heterocycles. The van der Waals surface area contributed by atoms with Gasteiger partial charge in [0, 0.05) is 124 Å². The second kappa shape index (κ2) is 301. The summed E-state index contributed by atoms with van der Waals surface area (Å²) in [5.74, 6) is 0. The van der Waals surface area contributed by atoms with Crippen LogP contribution in [0.15, 0.2) is 0 Å². The average Bonchev–Trinajstić information content (AvgIpc) is 2.75. The summed E-state index contributed by atoms with van der Waals surface area (Å²) in [5.41, 5.74) is 0. The van der Waals surface area contributed by atoms with E-state index in [2.05, 4.69) is 0 Å². The van der Waals surface area contributed by atoms with Crippen LogP contribution in [0.25, 0.3) is 0 Å². The minimum absolute atomic E-state index is 0. The van der Waals surface area contributed by atoms with E-state index in [1.165, 1.54) is 0 Å². The predicted octanol–water partition coefficient (Wildman–Crippen LogP) is -0.178. The largest absolute Gasteiger partial charge is 2.00 e. The van der Waals surface area contributed by atoms with Gasteiger partial charge in [0.15, 0.2) is 0 Å². The second-order valence-electron chi connectivity index (χ2n) is 3.79. The van der Waals surface area contributed by atoms with Gasteiger partial charge in [0.2, 0.25) is 0 Å². The van der Waals surface area contributed by atoms with Crippen LogP contribution >= 0.6 is 0 Å². The Labute approximate surface area is 313 Å². The Morgan fingerprint density at radius 1 is 0.231 bits per heavy atom. The molecule has 0 aromatic rings. The van der Waals surface area contributed by atoms with Gasteiger partial charge in [-0.2, -0.15) is 0 Å². The van der Waals surface area contributed by atoms with Crippen LogP contribution in [0, 0.1) is 0 Å². The van der Waals surface area contributed by atoms with Crippen LogP contribution < -0.4 is 0 Å². The molecule has 0 unspecified atom stereocenters. The molecule has 0 atom stereocenters. The van der Waals surface area contributed by atoms with Crippen molar-refractivity contribution in [2.75, 3.05) is 79.3 Å². The molecule has 0 saturated heterocycles. The second-order valence-corrected chi connectivity index (χ2v) is 3.79. The molecule has 0 saturated carbocycles. The van der Waals surface area contributed by atoms with Gasteiger partial charge < -0.3 is 64.1 Å². The van der Waals surface area contributed by atoms with Gasteiger partial charge in [-0.3, -0.25) is 0 Å². The standard InChI is InChI=1S/12C2H6O.Sr.2Ta.2H/c12*1-2-3;;;;;/h12*3H,2H2,1H3;;;;;/q;;;;;;;;;;;;+2;;;2*-1. The van der Waals surface area contributed by atoms with Crippen molar-refractivity contribution in [1.82, 2.24) is 0 Å². The van der Waals surface area contributed by atoms with Crippen molar-refractivity contribution >= 4 is 45.5 Å². The zero-order valence-electron chi connectivity index (χ0n) is 29.5. The van der Waals surface area contributed by atoms with Crippen LogP contribution in [0.2, 0.25) is 0 Å². The van der Waals surface area contributed by atoms with Crippen molar-refractivity contribution in [2.24, 2.45) is 0 Å². The van der Waals surface area contributed by atoms with Crippen molar-refractivity contribution in [3.63, 3.8) is 0 Å². The molecule has 0 spiro atoms. The summed E-state index contributed by atoms with van der Waals surface area (Å²) in [6.45, 7) is 23.2. The molecule has 0 amide bonds. The maximum atomic E-state index is 7.57. The summed E-state index contributed by atoms with van der Waals surface area (Å²) >= 11 is 0. The molecule has 12 N–H and O–H groups in total. The Morgan fingerprint density at radius 2 is 0.231 bits per heavy atom. The molecule has 0 fully saturated rings. The third-order valence-electron chi connectivity index (χ3n) is 0. The molecule has 0 rings (SSSR count). The molecule has 0 aliphatic heterocycles. The fraction of sp³-hybridized carbons (Fsp3) is 1.00. The Morgan fingerprint density at radius 3 is 0.231 bits per heavy atom. The molecule has 2 radical (unpaired) electrons. The molecule has 12 nitrogen and oxygen atoms in total. The quantitative estimate of drug-likeness (QED) is 0.142. The Kier molecular flexibility index (Phi) is 748. The summed E-state index contributed by atoms with van der Waals surface area (Å²) < 4.78 is 0. The van der Waals surface area contributed by atoms with Crippen molar-refractivity contribution in [1.29, 1.82) is 0 Å². The van der Waals surface area contributed by atoms with Crippen molar-refractivity contribution < 1.29 is 109 Å². The van der Waals surface area contributed by atoms with E-state index in [0.717, 1.165) is 0 Å². The van der Waals surface area contributed by atoms with Crippen molar-refractivity contribution in [3.8, 4) is 0 Å². The maximum Gasteiger partial charge on any atom is 2.00 e. The first kappa shape index (κ1) is 96.9. The minimum atomic E-state index is 0. The van der Waals surface area contributed by atoms with Gasteiger partial charge >= 0.3 is 45.5 Å². The van der Waals surface area contributed by atoms with Gasteiger partial charge in [0.25, 0.3) is 0 Å². The number of hydrogen-bond acceptors (Lipinski definition) is 12. The number of hydrogen-bond donors (Lipinski definition) is 12. The van der Waals surface area contributed by atoms with Crippen LogP contribution in [-0.2, 0) is 44.8 Å². The summed E-state index contributed by atoms with van der Waals surface area (Å²) in [6, 6.07) is 0. The van der Waals surface area contributed by atoms with E-state index in [1.54, 1.807) is 83.1 Å². The average molecular weight is 1000 g/mol. The summed E-state index contributed by atoms with van der Waals surface area (Å²) in [7, 11) is 0. The topological polar surface area (TPSA) is 243 Å². The van der Waals surface area contributed by atoms with Gasteiger partial charge in [-0.05, 0) is 83.1 Å². The fourth-order valence-corrected chi connectivity index (χ4v) is 0. The van der Waals surface area contributed by atoms with Crippen LogP contribution in [-0.4, -0.2) is 186 Å². The van der Waals surface area contributed by atoms with Gasteiger partial charge in [0.05, 0.1) is 0 Å². The van der Waals surface area contributed by atoms with Crippen molar-refractivity contribution in [2.45, 2.75) is 83.1 Å². The first-order valence-corrected chi connectivity index (χ1v) is 12.3. The van der Waals surface area contributed by atoms with Gasteiger partial charge in [-0.15, -0.1) is 0 Å². The van der Waals surface area contributed by atoms with E-state index in [-0.39, 0.29) is 172 Å². The van der Waals surface area contributed by atoms with Gasteiger partial charge in [0.1, 0.15) is 0 Å². The van der Waals surface area contributed by atoms with Crippen LogP contribution in [0.4, 0.5) is 0 Å². The minimum Gasteiger partial charge on any atom is -1.00 e. The molecule has 39 heavy (non-hydrogen) atoms. The molecule has 0 aliphatic rings. The number of aliphatic hydroxyl groups is 12. The third-order valence-corrected chi connectivity index (χ3v) is 0. The molecule has 0 aliphatic carbocycles. The molecule has 15 heteroatoms. The van der Waals surface area contributed by atoms with Crippen LogP contribution in [0.1, 0.15) is 85.9 Å². The van der Waals surface area contributed by atoms with E-state index in [1.807, 2.05) is 0 Å². The fourth-order valence-electron chi connectivity index (χ4n) is 0. The molecule has 0 bridgehead atoms. The summed E-state index contributed by atoms with van der Waals surface area (Å²) in [4.78, 5) is 0. The number of rotatable bonds is 0. The Hall–Kier alpha value is 2.48. The normalized spacial score (nSPS) is 5.54. The molecule has 0 aromatic carbocycles. The molecular weight excluding hydrogens is 930 g/mol. The molecule has 254 valence electrons. The van der Waals surface area contributed by atoms with E-state index >= 15 is 0 Å². The van der Waals surface area contributed by atoms with E-state index in [0.29, 0.717) is 0 Å². The SMILES string of the molecule is CCO.CCO.CCO.CCO.CCO.CCO.CCO.CCO.CCO.CCO.CCO.CCO.[H-].[H-].[Sr+2].[Ta].[Ta]. The zero-order valence-corrected chi connectivity index (χ0v) is 37.4. The van der Waals surface area contributed by atoms with Crippen LogP contribution in [0.5, 0.6) is 0 Å². The Bertz CT molecular complexity index is 106. The van der Waals surface area contributed by atoms with Crippen molar-refractivity contribution in [3.05, 3.63) is 0 Å². The Balaban J connectivity index is -0.0000000101. The van der Waals surface area contributed by atoms with Gasteiger partial charge in [-0.25, -0.2) is 0 Å². The van der Waals surface area contributed by atoms with Crippen LogP contribution in [0.3, 0.4) is 0 Å². The smallest absolute Gasteiger partial charge is 1.00 e. The van der Waals surface area contributed by atoms with E-state index in [4.69, 9.17) is 61.3 Å². The van der Waals surface area contributed by atoms with E-state index in [9.17, 15) is 0 Å². The molecular formula is C24H74O12SrTa2. The predicted molar refractivity (Wildman–Crippen MR) is 161 cm³/mol. The first-order chi connectivity index (χ1) is 17.0. The maximum absolute atomic E-state index is 7.57. The monoisotopic (exact) mass is 1000 g/mol. The number of aliphatic hydroxyl groups excluding tert-OH is 12. The summed E-state index contributed by atoms with van der Waals surface area (Å²) in [5, 5.41) is 90.8. The third kappa shape index (κ3) is 9740. The first-order valence-electron chi connectivity index (χ1n) is 12.3.